The Morgan fingerprint density at radius 1 is 1.06 bits per heavy atom. The summed E-state index contributed by atoms with van der Waals surface area (Å²) >= 11 is 0. The summed E-state index contributed by atoms with van der Waals surface area (Å²) in [6, 6.07) is 20.1. The van der Waals surface area contributed by atoms with Crippen LogP contribution in [0.4, 0.5) is 4.79 Å². The van der Waals surface area contributed by atoms with Gasteiger partial charge in [-0.1, -0.05) is 60.7 Å². The Balaban J connectivity index is 1.68. The number of amides is 2. The Kier molecular flexibility index (Phi) is 7.31. The highest BCUT2D eigenvalue weighted by Gasteiger charge is 2.46. The van der Waals surface area contributed by atoms with Gasteiger partial charge in [-0.25, -0.2) is 9.69 Å². The normalized spacial score (nSPS) is 22.7. The van der Waals surface area contributed by atoms with E-state index in [1.54, 1.807) is 0 Å². The van der Waals surface area contributed by atoms with E-state index in [0.29, 0.717) is 13.2 Å². The van der Waals surface area contributed by atoms with Crippen molar-refractivity contribution < 1.29 is 23.8 Å². The molecule has 0 aromatic heterocycles. The molecule has 2 fully saturated rings. The second kappa shape index (κ2) is 10.1. The molecule has 0 saturated carbocycles. The summed E-state index contributed by atoms with van der Waals surface area (Å²) in [7, 11) is 0. The number of hydrogen-bond acceptors (Lipinski definition) is 6. The van der Waals surface area contributed by atoms with Gasteiger partial charge in [0.25, 0.3) is 0 Å². The van der Waals surface area contributed by atoms with Crippen LogP contribution in [0.15, 0.2) is 60.7 Å². The van der Waals surface area contributed by atoms with Gasteiger partial charge in [-0.2, -0.15) is 0 Å². The summed E-state index contributed by atoms with van der Waals surface area (Å²) in [4.78, 5) is 29.5. The molecule has 2 saturated heterocycles. The second-order valence-electron chi connectivity index (χ2n) is 10.5. The molecule has 4 rings (SSSR count). The van der Waals surface area contributed by atoms with Gasteiger partial charge in [0.2, 0.25) is 5.91 Å². The molecule has 3 atom stereocenters. The van der Waals surface area contributed by atoms with Crippen molar-refractivity contribution in [1.82, 2.24) is 9.80 Å². The van der Waals surface area contributed by atoms with E-state index >= 15 is 0 Å². The molecule has 2 aliphatic rings. The smallest absolute Gasteiger partial charge is 0.417 e. The first kappa shape index (κ1) is 25.4. The molecular formula is C28H36N2O5. The number of carbonyl (C=O) groups excluding carboxylic acids is 2. The van der Waals surface area contributed by atoms with Crippen LogP contribution in [0.5, 0.6) is 0 Å². The second-order valence-corrected chi connectivity index (χ2v) is 10.5. The third-order valence-corrected chi connectivity index (χ3v) is 6.68. The molecule has 2 heterocycles. The minimum absolute atomic E-state index is 0.0107. The number of nitrogens with zero attached hydrogens (tertiary/aromatic N) is 2. The molecule has 0 unspecified atom stereocenters. The molecule has 7 nitrogen and oxygen atoms in total. The molecule has 2 aromatic rings. The van der Waals surface area contributed by atoms with Gasteiger partial charge >= 0.3 is 6.09 Å². The number of cyclic esters (lactones) is 1. The molecule has 7 heteroatoms. The summed E-state index contributed by atoms with van der Waals surface area (Å²) < 4.78 is 17.6. The lowest BCUT2D eigenvalue weighted by Gasteiger charge is -2.39. The van der Waals surface area contributed by atoms with Gasteiger partial charge in [0.15, 0.2) is 5.79 Å². The van der Waals surface area contributed by atoms with E-state index in [9.17, 15) is 9.59 Å². The van der Waals surface area contributed by atoms with Gasteiger partial charge in [0, 0.05) is 25.0 Å². The fourth-order valence-electron chi connectivity index (χ4n) is 4.87. The monoisotopic (exact) mass is 480 g/mol. The van der Waals surface area contributed by atoms with E-state index in [4.69, 9.17) is 14.2 Å². The molecule has 0 N–H and O–H groups in total. The largest absolute Gasteiger partial charge is 0.441 e. The lowest BCUT2D eigenvalue weighted by molar-refractivity contribution is -0.152. The fourth-order valence-corrected chi connectivity index (χ4v) is 4.87. The maximum atomic E-state index is 13.5. The Labute approximate surface area is 207 Å². The van der Waals surface area contributed by atoms with E-state index in [1.807, 2.05) is 64.1 Å². The van der Waals surface area contributed by atoms with Crippen molar-refractivity contribution in [2.24, 2.45) is 0 Å². The van der Waals surface area contributed by atoms with Gasteiger partial charge in [-0.15, -0.1) is 0 Å². The van der Waals surface area contributed by atoms with Gasteiger partial charge in [0.1, 0.15) is 11.7 Å². The topological polar surface area (TPSA) is 68.3 Å². The fraction of sp³-hybridized carbons (Fsp3) is 0.500. The average Bonchev–Trinajstić information content (AvgIpc) is 3.33. The zero-order valence-electron chi connectivity index (χ0n) is 21.3. The minimum Gasteiger partial charge on any atom is -0.441 e. The summed E-state index contributed by atoms with van der Waals surface area (Å²) in [6.07, 6.45) is -0.817. The lowest BCUT2D eigenvalue weighted by Crippen LogP contribution is -2.49. The molecule has 35 heavy (non-hydrogen) atoms. The van der Waals surface area contributed by atoms with Gasteiger partial charge in [0.05, 0.1) is 13.2 Å². The predicted octanol–water partition coefficient (Wildman–Crippen LogP) is 4.92. The van der Waals surface area contributed by atoms with E-state index in [-0.39, 0.29) is 37.1 Å². The first-order chi connectivity index (χ1) is 16.5. The highest BCUT2D eigenvalue weighted by Crippen LogP contribution is 2.34. The van der Waals surface area contributed by atoms with E-state index in [1.165, 1.54) is 4.90 Å². The molecular weight excluding hydrogens is 444 g/mol. The molecule has 2 aromatic carbocycles. The molecule has 2 amide bonds. The Hall–Kier alpha value is -2.74. The Morgan fingerprint density at radius 2 is 1.69 bits per heavy atom. The number of rotatable bonds is 8. The van der Waals surface area contributed by atoms with E-state index in [2.05, 4.69) is 36.1 Å². The zero-order chi connectivity index (χ0) is 25.2. The quantitative estimate of drug-likeness (QED) is 0.534. The molecule has 2 aliphatic heterocycles. The van der Waals surface area contributed by atoms with Crippen LogP contribution in [0.3, 0.4) is 0 Å². The van der Waals surface area contributed by atoms with E-state index in [0.717, 1.165) is 11.1 Å². The number of hydrogen-bond donors (Lipinski definition) is 0. The van der Waals surface area contributed by atoms with Crippen LogP contribution in [-0.2, 0) is 25.5 Å². The number of benzene rings is 2. The van der Waals surface area contributed by atoms with Crippen LogP contribution < -0.4 is 0 Å². The van der Waals surface area contributed by atoms with Crippen LogP contribution in [0.2, 0.25) is 0 Å². The first-order valence-corrected chi connectivity index (χ1v) is 12.2. The van der Waals surface area contributed by atoms with Gasteiger partial charge < -0.3 is 14.2 Å². The summed E-state index contributed by atoms with van der Waals surface area (Å²) in [5.41, 5.74) is 1.58. The van der Waals surface area contributed by atoms with Crippen LogP contribution in [0, 0.1) is 0 Å². The maximum Gasteiger partial charge on any atom is 0.417 e. The van der Waals surface area contributed by atoms with Crippen LogP contribution in [0.25, 0.3) is 0 Å². The highest BCUT2D eigenvalue weighted by molar-refractivity contribution is 5.93. The minimum atomic E-state index is -0.741. The predicted molar refractivity (Wildman–Crippen MR) is 132 cm³/mol. The Morgan fingerprint density at radius 3 is 2.23 bits per heavy atom. The van der Waals surface area contributed by atoms with E-state index < -0.39 is 17.5 Å². The molecule has 0 aliphatic carbocycles. The van der Waals surface area contributed by atoms with Crippen molar-refractivity contribution in [3.63, 3.8) is 0 Å². The third-order valence-electron chi connectivity index (χ3n) is 6.68. The van der Waals surface area contributed by atoms with Crippen LogP contribution >= 0.6 is 0 Å². The molecule has 0 bridgehead atoms. The van der Waals surface area contributed by atoms with Crippen molar-refractivity contribution in [3.8, 4) is 0 Å². The first-order valence-electron chi connectivity index (χ1n) is 12.2. The van der Waals surface area contributed by atoms with Crippen molar-refractivity contribution in [1.29, 1.82) is 0 Å². The van der Waals surface area contributed by atoms with Crippen molar-refractivity contribution >= 4 is 12.0 Å². The van der Waals surface area contributed by atoms with Crippen LogP contribution in [0.1, 0.15) is 58.2 Å². The maximum absolute atomic E-state index is 13.5. The SMILES string of the molecule is C[C@H](c1ccccc1)N(Cc1ccccc1)[C@@H](CC(=O)N1CC(C)(C)OC1=O)[C@H]1COC(C)(C)O1. The third kappa shape index (κ3) is 6.10. The van der Waals surface area contributed by atoms with Crippen LogP contribution in [-0.4, -0.2) is 58.5 Å². The van der Waals surface area contributed by atoms with Gasteiger partial charge in [-0.05, 0) is 45.7 Å². The van der Waals surface area contributed by atoms with Gasteiger partial charge in [-0.3, -0.25) is 9.69 Å². The lowest BCUT2D eigenvalue weighted by atomic mass is 9.98. The average molecular weight is 481 g/mol. The number of imide groups is 1. The zero-order valence-corrected chi connectivity index (χ0v) is 21.3. The number of carbonyl (C=O) groups is 2. The number of ether oxygens (including phenoxy) is 3. The summed E-state index contributed by atoms with van der Waals surface area (Å²) in [5.74, 6) is -1.01. The summed E-state index contributed by atoms with van der Waals surface area (Å²) in [6.45, 7) is 10.7. The van der Waals surface area contributed by atoms with Crippen molar-refractivity contribution in [3.05, 3.63) is 71.8 Å². The molecule has 0 spiro atoms. The molecule has 188 valence electrons. The van der Waals surface area contributed by atoms with Crippen molar-refractivity contribution in [2.45, 2.75) is 77.2 Å². The summed E-state index contributed by atoms with van der Waals surface area (Å²) in [5, 5.41) is 0. The Bertz CT molecular complexity index is 1020. The van der Waals surface area contributed by atoms with Crippen molar-refractivity contribution in [2.75, 3.05) is 13.2 Å². The standard InChI is InChI=1S/C28H36N2O5/c1-20(22-14-10-7-11-15-22)29(17-21-12-8-6-9-13-21)23(24-18-33-28(4,5)34-24)16-25(31)30-19-27(2,3)35-26(30)32/h6-15,20,23-24H,16-19H2,1-5H3/t20-,23+,24-/m1/s1. The molecule has 0 radical (unpaired) electrons. The highest BCUT2D eigenvalue weighted by atomic mass is 16.7.